The quantitative estimate of drug-likeness (QED) is 0.0369. The first-order valence-corrected chi connectivity index (χ1v) is 29.6. The van der Waals surface area contributed by atoms with E-state index >= 15 is 0 Å². The molecular formula is C60H59N3O13S3. The lowest BCUT2D eigenvalue weighted by molar-refractivity contribution is 0.0686. The van der Waals surface area contributed by atoms with Crippen LogP contribution in [0.3, 0.4) is 0 Å². The van der Waals surface area contributed by atoms with Crippen molar-refractivity contribution in [2.45, 2.75) is 49.2 Å². The summed E-state index contributed by atoms with van der Waals surface area (Å²) in [5.41, 5.74) is 8.26. The summed E-state index contributed by atoms with van der Waals surface area (Å²) < 4.78 is 86.2. The van der Waals surface area contributed by atoms with Gasteiger partial charge in [0.2, 0.25) is 20.0 Å². The number of hydrogen-bond donors (Lipinski definition) is 6. The molecule has 8 rings (SSSR count). The molecule has 0 atom stereocenters. The van der Waals surface area contributed by atoms with Crippen molar-refractivity contribution in [1.29, 1.82) is 0 Å². The molecule has 0 saturated heterocycles. The van der Waals surface area contributed by atoms with Crippen LogP contribution >= 0.6 is 0 Å². The van der Waals surface area contributed by atoms with Gasteiger partial charge in [0.25, 0.3) is 10.0 Å². The standard InChI is InChI=1S/C22H21NO5S.C22H21NO4S.C16H17NO4S/c1-28-19-11-13-20(14-12-19)29(26,27)23-21-8-3-2-6-17(21)10-9-16-5-4-7-18(15-16)22(24)25;24-22(25)20-11-6-9-17(15-20)13-14-19-10-4-5-12-21(19)23-28(26,27)16-18-7-2-1-3-8-18;1-22(20,21)17-15-8-3-2-6-13(15)10-9-12-5-4-7-14(11-12)16(18)19/h2-8,11-15,23H,9-10H2,1H3,(H,24,25);1-12,15,23H,13-14,16H2,(H,24,25);2-8,11,17H,9-10H2,1H3,(H,18,19). The number of carboxylic acids is 3. The minimum Gasteiger partial charge on any atom is -0.497 e. The monoisotopic (exact) mass is 1130 g/mol. The number of aryl methyl sites for hydroxylation is 6. The number of aromatic carboxylic acids is 3. The molecule has 8 aromatic carbocycles. The second-order valence-corrected chi connectivity index (χ2v) is 23.1. The summed E-state index contributed by atoms with van der Waals surface area (Å²) in [5, 5.41) is 27.2. The Hall–Kier alpha value is -8.78. The largest absolute Gasteiger partial charge is 0.497 e. The summed E-state index contributed by atoms with van der Waals surface area (Å²) in [5.74, 6) is -2.41. The highest BCUT2D eigenvalue weighted by atomic mass is 32.2. The first-order valence-electron chi connectivity index (χ1n) is 24.6. The number of ether oxygens (including phenoxy) is 1. The highest BCUT2D eigenvalue weighted by Crippen LogP contribution is 2.25. The fourth-order valence-electron chi connectivity index (χ4n) is 8.09. The predicted molar refractivity (Wildman–Crippen MR) is 307 cm³/mol. The van der Waals surface area contributed by atoms with Crippen molar-refractivity contribution in [3.8, 4) is 5.75 Å². The summed E-state index contributed by atoms with van der Waals surface area (Å²) in [7, 11) is -9.09. The molecule has 0 bridgehead atoms. The number of carbonyl (C=O) groups is 3. The van der Waals surface area contributed by atoms with Gasteiger partial charge in [-0.25, -0.2) is 39.6 Å². The van der Waals surface area contributed by atoms with Crippen LogP contribution in [0.1, 0.15) is 70.0 Å². The average Bonchev–Trinajstić information content (AvgIpc) is 3.43. The molecule has 19 heteroatoms. The normalized spacial score (nSPS) is 11.1. The zero-order valence-electron chi connectivity index (χ0n) is 43.2. The molecule has 0 aliphatic carbocycles. The Kier molecular flexibility index (Phi) is 21.1. The molecule has 0 radical (unpaired) electrons. The number of benzene rings is 8. The molecule has 0 aromatic heterocycles. The van der Waals surface area contributed by atoms with Crippen molar-refractivity contribution in [2.75, 3.05) is 27.5 Å². The Balaban J connectivity index is 0.000000193. The first-order chi connectivity index (χ1) is 37.7. The van der Waals surface area contributed by atoms with Crippen molar-refractivity contribution < 1.29 is 59.7 Å². The summed E-state index contributed by atoms with van der Waals surface area (Å²) in [6.45, 7) is 0. The molecule has 8 aromatic rings. The average molecular weight is 1130 g/mol. The smallest absolute Gasteiger partial charge is 0.335 e. The van der Waals surface area contributed by atoms with Gasteiger partial charge in [-0.3, -0.25) is 14.2 Å². The molecule has 0 heterocycles. The molecule has 6 N–H and O–H groups in total. The fraction of sp³-hybridized carbons (Fsp3) is 0.150. The van der Waals surface area contributed by atoms with Crippen LogP contribution in [-0.4, -0.2) is 71.8 Å². The molecule has 79 heavy (non-hydrogen) atoms. The fourth-order valence-corrected chi connectivity index (χ4v) is 11.0. The highest BCUT2D eigenvalue weighted by Gasteiger charge is 2.18. The molecule has 410 valence electrons. The van der Waals surface area contributed by atoms with Crippen LogP contribution in [0, 0.1) is 0 Å². The molecule has 0 spiro atoms. The van der Waals surface area contributed by atoms with Crippen LogP contribution in [0.2, 0.25) is 0 Å². The molecule has 0 saturated carbocycles. The van der Waals surface area contributed by atoms with Gasteiger partial charge in [0.1, 0.15) is 5.75 Å². The van der Waals surface area contributed by atoms with Crippen LogP contribution in [0.25, 0.3) is 0 Å². The number of hydrogen-bond acceptors (Lipinski definition) is 10. The van der Waals surface area contributed by atoms with E-state index in [0.717, 1.165) is 45.2 Å². The van der Waals surface area contributed by atoms with Gasteiger partial charge in [0, 0.05) is 0 Å². The molecule has 16 nitrogen and oxygen atoms in total. The third kappa shape index (κ3) is 19.3. The summed E-state index contributed by atoms with van der Waals surface area (Å²) in [4.78, 5) is 33.3. The number of carboxylic acid groups (broad SMARTS) is 3. The van der Waals surface area contributed by atoms with Crippen molar-refractivity contribution in [3.63, 3.8) is 0 Å². The van der Waals surface area contributed by atoms with E-state index in [2.05, 4.69) is 14.2 Å². The van der Waals surface area contributed by atoms with Crippen LogP contribution in [0.15, 0.2) is 205 Å². The van der Waals surface area contributed by atoms with Gasteiger partial charge in [-0.05, 0) is 156 Å². The molecule has 0 aliphatic heterocycles. The topological polar surface area (TPSA) is 260 Å². The second-order valence-electron chi connectivity index (χ2n) is 18.0. The Morgan fingerprint density at radius 3 is 1.14 bits per heavy atom. The van der Waals surface area contributed by atoms with E-state index in [1.165, 1.54) is 19.2 Å². The van der Waals surface area contributed by atoms with Crippen LogP contribution in [-0.2, 0) is 74.3 Å². The number of rotatable bonds is 22. The van der Waals surface area contributed by atoms with Crippen LogP contribution in [0.5, 0.6) is 5.75 Å². The van der Waals surface area contributed by atoms with Gasteiger partial charge < -0.3 is 20.1 Å². The number of para-hydroxylation sites is 3. The Bertz CT molecular complexity index is 3730. The third-order valence-electron chi connectivity index (χ3n) is 12.0. The molecule has 0 fully saturated rings. The number of nitrogens with one attached hydrogen (secondary N) is 3. The molecular weight excluding hydrogens is 1070 g/mol. The Morgan fingerprint density at radius 1 is 0.405 bits per heavy atom. The van der Waals surface area contributed by atoms with Crippen molar-refractivity contribution >= 4 is 65.0 Å². The van der Waals surface area contributed by atoms with E-state index in [1.807, 2.05) is 72.8 Å². The van der Waals surface area contributed by atoms with Gasteiger partial charge in [-0.15, -0.1) is 0 Å². The maximum atomic E-state index is 12.7. The number of methoxy groups -OCH3 is 1. The van der Waals surface area contributed by atoms with E-state index in [-0.39, 0.29) is 27.3 Å². The van der Waals surface area contributed by atoms with E-state index in [9.17, 15) is 39.6 Å². The van der Waals surface area contributed by atoms with Crippen LogP contribution in [0.4, 0.5) is 17.1 Å². The van der Waals surface area contributed by atoms with Crippen molar-refractivity contribution in [3.05, 3.63) is 256 Å². The summed E-state index contributed by atoms with van der Waals surface area (Å²) >= 11 is 0. The zero-order chi connectivity index (χ0) is 57.0. The lowest BCUT2D eigenvalue weighted by Gasteiger charge is -2.13. The van der Waals surface area contributed by atoms with Gasteiger partial charge >= 0.3 is 17.9 Å². The van der Waals surface area contributed by atoms with E-state index in [1.54, 1.807) is 115 Å². The second kappa shape index (κ2) is 28.0. The summed E-state index contributed by atoms with van der Waals surface area (Å²) in [6.07, 6.45) is 4.70. The highest BCUT2D eigenvalue weighted by molar-refractivity contribution is 7.93. The van der Waals surface area contributed by atoms with Gasteiger partial charge in [-0.2, -0.15) is 0 Å². The van der Waals surface area contributed by atoms with Crippen molar-refractivity contribution in [1.82, 2.24) is 0 Å². The van der Waals surface area contributed by atoms with Gasteiger partial charge in [-0.1, -0.05) is 121 Å². The lowest BCUT2D eigenvalue weighted by atomic mass is 10.0. The first kappa shape index (κ1) is 59.5. The number of sulfonamides is 3. The third-order valence-corrected chi connectivity index (χ3v) is 15.2. The lowest BCUT2D eigenvalue weighted by Crippen LogP contribution is -2.16. The minimum atomic E-state index is -3.74. The van der Waals surface area contributed by atoms with Gasteiger partial charge in [0.15, 0.2) is 0 Å². The minimum absolute atomic E-state index is 0.0944. The Morgan fingerprint density at radius 2 is 0.759 bits per heavy atom. The predicted octanol–water partition coefficient (Wildman–Crippen LogP) is 10.6. The van der Waals surface area contributed by atoms with Crippen molar-refractivity contribution in [2.24, 2.45) is 0 Å². The van der Waals surface area contributed by atoms with E-state index in [4.69, 9.17) is 20.1 Å². The molecule has 0 amide bonds. The number of anilines is 3. The van der Waals surface area contributed by atoms with Gasteiger partial charge in [0.05, 0.1) is 57.8 Å². The molecule has 0 aliphatic rings. The molecule has 0 unspecified atom stereocenters. The van der Waals surface area contributed by atoms with E-state index < -0.39 is 48.0 Å². The van der Waals surface area contributed by atoms with E-state index in [0.29, 0.717) is 61.3 Å². The maximum Gasteiger partial charge on any atom is 0.335 e. The Labute approximate surface area is 460 Å². The zero-order valence-corrected chi connectivity index (χ0v) is 45.6. The SMILES string of the molecule is COc1ccc(S(=O)(=O)Nc2ccccc2CCc2cccc(C(=O)O)c2)cc1.CS(=O)(=O)Nc1ccccc1CCc1cccc(C(=O)O)c1.O=C(O)c1cccc(CCc2ccccc2NS(=O)(=O)Cc2ccccc2)c1. The maximum absolute atomic E-state index is 12.7. The van der Waals surface area contributed by atoms with Crippen LogP contribution < -0.4 is 18.9 Å². The summed E-state index contributed by atoms with van der Waals surface area (Å²) in [6, 6.07) is 57.1.